The van der Waals surface area contributed by atoms with E-state index < -0.39 is 0 Å². The van der Waals surface area contributed by atoms with Gasteiger partial charge in [-0.3, -0.25) is 0 Å². The van der Waals surface area contributed by atoms with Crippen LogP contribution in [0.1, 0.15) is 94.6 Å². The molecule has 0 radical (unpaired) electrons. The summed E-state index contributed by atoms with van der Waals surface area (Å²) in [5, 5.41) is 0.375. The molecule has 3 rings (SSSR count). The minimum absolute atomic E-state index is 0.216. The quantitative estimate of drug-likeness (QED) is 0.495. The first-order valence-electron chi connectivity index (χ1n) is 10.5. The minimum Gasteiger partial charge on any atom is -0.205 e. The van der Waals surface area contributed by atoms with E-state index in [4.69, 9.17) is 11.6 Å². The zero-order valence-electron chi connectivity index (χ0n) is 16.0. The summed E-state index contributed by atoms with van der Waals surface area (Å²) in [7, 11) is 0. The Bertz CT molecular complexity index is 551. The maximum atomic E-state index is 14.1. The first kappa shape index (κ1) is 19.2. The van der Waals surface area contributed by atoms with Crippen LogP contribution in [0.3, 0.4) is 0 Å². The SMILES string of the molecule is CCCCC1CCC(C2CCC(c3ccc(C)c(F)c3Cl)CC2)CC1. The number of halogens is 2. The molecule has 2 aliphatic rings. The second-order valence-corrected chi connectivity index (χ2v) is 9.01. The fraction of sp³-hybridized carbons (Fsp3) is 0.739. The summed E-state index contributed by atoms with van der Waals surface area (Å²) in [6.07, 6.45) is 15.0. The summed E-state index contributed by atoms with van der Waals surface area (Å²) < 4.78 is 14.1. The highest BCUT2D eigenvalue weighted by atomic mass is 35.5. The van der Waals surface area contributed by atoms with Gasteiger partial charge < -0.3 is 0 Å². The topological polar surface area (TPSA) is 0 Å². The lowest BCUT2D eigenvalue weighted by Gasteiger charge is -2.38. The molecule has 0 nitrogen and oxygen atoms in total. The zero-order chi connectivity index (χ0) is 17.8. The molecule has 1 aromatic carbocycles. The molecule has 25 heavy (non-hydrogen) atoms. The maximum absolute atomic E-state index is 14.1. The highest BCUT2D eigenvalue weighted by molar-refractivity contribution is 6.31. The first-order valence-corrected chi connectivity index (χ1v) is 10.9. The van der Waals surface area contributed by atoms with Crippen LogP contribution in [0.5, 0.6) is 0 Å². The Morgan fingerprint density at radius 1 is 0.960 bits per heavy atom. The fourth-order valence-electron chi connectivity index (χ4n) is 5.32. The van der Waals surface area contributed by atoms with Crippen molar-refractivity contribution in [2.75, 3.05) is 0 Å². The second kappa shape index (κ2) is 8.89. The predicted octanol–water partition coefficient (Wildman–Crippen LogP) is 8.06. The van der Waals surface area contributed by atoms with E-state index in [0.717, 1.165) is 23.3 Å². The Hall–Kier alpha value is -0.560. The molecule has 2 fully saturated rings. The minimum atomic E-state index is -0.216. The molecular weight excluding hydrogens is 331 g/mol. The molecule has 140 valence electrons. The van der Waals surface area contributed by atoms with E-state index in [9.17, 15) is 4.39 Å². The van der Waals surface area contributed by atoms with Crippen molar-refractivity contribution in [3.05, 3.63) is 34.1 Å². The normalized spacial score (nSPS) is 30.4. The van der Waals surface area contributed by atoms with Gasteiger partial charge in [-0.25, -0.2) is 4.39 Å². The maximum Gasteiger partial charge on any atom is 0.144 e. The molecule has 0 aliphatic heterocycles. The lowest BCUT2D eigenvalue weighted by Crippen LogP contribution is -2.25. The molecule has 1 aromatic rings. The van der Waals surface area contributed by atoms with Gasteiger partial charge in [0.2, 0.25) is 0 Å². The van der Waals surface area contributed by atoms with Crippen LogP contribution >= 0.6 is 11.6 Å². The smallest absolute Gasteiger partial charge is 0.144 e. The van der Waals surface area contributed by atoms with Crippen molar-refractivity contribution in [2.45, 2.75) is 90.4 Å². The molecule has 0 amide bonds. The van der Waals surface area contributed by atoms with Crippen molar-refractivity contribution in [3.63, 3.8) is 0 Å². The average molecular weight is 365 g/mol. The molecule has 0 aromatic heterocycles. The Kier molecular flexibility index (Phi) is 6.83. The summed E-state index contributed by atoms with van der Waals surface area (Å²) in [6.45, 7) is 4.09. The highest BCUT2D eigenvalue weighted by Crippen LogP contribution is 2.45. The molecule has 0 saturated heterocycles. The van der Waals surface area contributed by atoms with E-state index in [1.54, 1.807) is 6.92 Å². The summed E-state index contributed by atoms with van der Waals surface area (Å²) in [6, 6.07) is 3.95. The fourth-order valence-corrected chi connectivity index (χ4v) is 5.69. The summed E-state index contributed by atoms with van der Waals surface area (Å²) in [5.74, 6) is 3.09. The van der Waals surface area contributed by atoms with Crippen molar-refractivity contribution in [1.82, 2.24) is 0 Å². The monoisotopic (exact) mass is 364 g/mol. The molecular formula is C23H34ClF. The van der Waals surface area contributed by atoms with E-state index in [1.165, 1.54) is 70.6 Å². The number of unbranched alkanes of at least 4 members (excludes halogenated alkanes) is 1. The molecule has 0 unspecified atom stereocenters. The molecule has 0 heterocycles. The summed E-state index contributed by atoms with van der Waals surface area (Å²) in [4.78, 5) is 0. The van der Waals surface area contributed by atoms with E-state index in [2.05, 4.69) is 13.0 Å². The number of aryl methyl sites for hydroxylation is 1. The number of rotatable bonds is 5. The van der Waals surface area contributed by atoms with Gasteiger partial charge in [-0.15, -0.1) is 0 Å². The van der Waals surface area contributed by atoms with Crippen LogP contribution in [0.2, 0.25) is 5.02 Å². The van der Waals surface area contributed by atoms with Crippen LogP contribution in [-0.2, 0) is 0 Å². The molecule has 0 N–H and O–H groups in total. The lowest BCUT2D eigenvalue weighted by atomic mass is 9.68. The molecule has 2 saturated carbocycles. The van der Waals surface area contributed by atoms with Crippen molar-refractivity contribution < 1.29 is 4.39 Å². The van der Waals surface area contributed by atoms with Crippen molar-refractivity contribution >= 4 is 11.6 Å². The van der Waals surface area contributed by atoms with Crippen molar-refractivity contribution in [2.24, 2.45) is 17.8 Å². The second-order valence-electron chi connectivity index (χ2n) is 8.63. The van der Waals surface area contributed by atoms with Gasteiger partial charge in [-0.05, 0) is 80.2 Å². The Morgan fingerprint density at radius 3 is 2.16 bits per heavy atom. The lowest BCUT2D eigenvalue weighted by molar-refractivity contribution is 0.156. The summed E-state index contributed by atoms with van der Waals surface area (Å²) >= 11 is 6.30. The largest absolute Gasteiger partial charge is 0.205 e. The standard InChI is InChI=1S/C23H34ClF/c1-3-4-5-17-7-9-18(10-8-17)19-11-13-20(14-12-19)21-15-6-16(2)23(25)22(21)24/h6,15,17-20H,3-5,7-14H2,1-2H3. The summed E-state index contributed by atoms with van der Waals surface area (Å²) in [5.41, 5.74) is 1.70. The van der Waals surface area contributed by atoms with Gasteiger partial charge in [0.25, 0.3) is 0 Å². The van der Waals surface area contributed by atoms with Crippen molar-refractivity contribution in [1.29, 1.82) is 0 Å². The van der Waals surface area contributed by atoms with E-state index in [-0.39, 0.29) is 5.82 Å². The van der Waals surface area contributed by atoms with E-state index in [1.807, 2.05) is 6.07 Å². The van der Waals surface area contributed by atoms with Crippen LogP contribution < -0.4 is 0 Å². The van der Waals surface area contributed by atoms with Crippen LogP contribution in [0.4, 0.5) is 4.39 Å². The van der Waals surface area contributed by atoms with Gasteiger partial charge >= 0.3 is 0 Å². The van der Waals surface area contributed by atoms with E-state index in [0.29, 0.717) is 16.5 Å². The molecule has 0 atom stereocenters. The van der Waals surface area contributed by atoms with Gasteiger partial charge in [0.15, 0.2) is 0 Å². The zero-order valence-corrected chi connectivity index (χ0v) is 16.8. The Labute approximate surface area is 158 Å². The Balaban J connectivity index is 1.50. The first-order chi connectivity index (χ1) is 12.1. The van der Waals surface area contributed by atoms with Crippen LogP contribution in [-0.4, -0.2) is 0 Å². The predicted molar refractivity (Wildman–Crippen MR) is 106 cm³/mol. The van der Waals surface area contributed by atoms with Gasteiger partial charge in [-0.2, -0.15) is 0 Å². The van der Waals surface area contributed by atoms with Crippen LogP contribution in [0, 0.1) is 30.5 Å². The molecule has 0 bridgehead atoms. The molecule has 2 heteroatoms. The van der Waals surface area contributed by atoms with E-state index >= 15 is 0 Å². The highest BCUT2D eigenvalue weighted by Gasteiger charge is 2.32. The van der Waals surface area contributed by atoms with Gasteiger partial charge in [0.05, 0.1) is 5.02 Å². The molecule has 0 spiro atoms. The van der Waals surface area contributed by atoms with Crippen LogP contribution in [0.25, 0.3) is 0 Å². The van der Waals surface area contributed by atoms with Crippen LogP contribution in [0.15, 0.2) is 12.1 Å². The van der Waals surface area contributed by atoms with Gasteiger partial charge in [0, 0.05) is 0 Å². The molecule has 2 aliphatic carbocycles. The third kappa shape index (κ3) is 4.59. The number of hydrogen-bond donors (Lipinski definition) is 0. The Morgan fingerprint density at radius 2 is 1.56 bits per heavy atom. The average Bonchev–Trinajstić information content (AvgIpc) is 2.65. The number of hydrogen-bond acceptors (Lipinski definition) is 0. The number of benzene rings is 1. The third-order valence-corrected chi connectivity index (χ3v) is 7.43. The van der Waals surface area contributed by atoms with Crippen molar-refractivity contribution in [3.8, 4) is 0 Å². The van der Waals surface area contributed by atoms with Gasteiger partial charge in [0.1, 0.15) is 5.82 Å². The van der Waals surface area contributed by atoms with Gasteiger partial charge in [-0.1, -0.05) is 62.8 Å². The third-order valence-electron chi connectivity index (χ3n) is 7.04.